The van der Waals surface area contributed by atoms with Crippen LogP contribution in [0.3, 0.4) is 0 Å². The minimum absolute atomic E-state index is 0.0911. The minimum atomic E-state index is -0.672. The molecule has 2 fully saturated rings. The maximum absolute atomic E-state index is 14.4. The summed E-state index contributed by atoms with van der Waals surface area (Å²) in [7, 11) is 0. The van der Waals surface area contributed by atoms with Crippen LogP contribution in [-0.4, -0.2) is 41.9 Å². The summed E-state index contributed by atoms with van der Waals surface area (Å²) in [6.07, 6.45) is 5.44. The lowest BCUT2D eigenvalue weighted by molar-refractivity contribution is -0.131. The van der Waals surface area contributed by atoms with Gasteiger partial charge >= 0.3 is 6.03 Å². The Morgan fingerprint density at radius 2 is 2.00 bits per heavy atom. The molecule has 0 bridgehead atoms. The van der Waals surface area contributed by atoms with Crippen LogP contribution in [0.4, 0.5) is 9.18 Å². The predicted octanol–water partition coefficient (Wildman–Crippen LogP) is 3.13. The van der Waals surface area contributed by atoms with Crippen molar-refractivity contribution in [3.63, 3.8) is 0 Å². The van der Waals surface area contributed by atoms with E-state index in [9.17, 15) is 18.8 Å². The number of nitrogens with one attached hydrogen (secondary N) is 2. The molecular weight excluding hydrogens is 385 g/mol. The number of imide groups is 1. The molecule has 1 aliphatic carbocycles. The van der Waals surface area contributed by atoms with Crippen molar-refractivity contribution >= 4 is 29.4 Å². The molecule has 0 aromatic heterocycles. The molecule has 4 rings (SSSR count). The molecule has 2 heterocycles. The van der Waals surface area contributed by atoms with Crippen LogP contribution in [0.5, 0.6) is 0 Å². The van der Waals surface area contributed by atoms with Crippen LogP contribution in [-0.2, 0) is 16.0 Å². The summed E-state index contributed by atoms with van der Waals surface area (Å²) in [4.78, 5) is 36.8. The first-order chi connectivity index (χ1) is 13.4. The Kier molecular flexibility index (Phi) is 6.54. The maximum Gasteiger partial charge on any atom is 0.322 e. The number of fused-ring (bicyclic) bond motifs is 1. The van der Waals surface area contributed by atoms with Crippen molar-refractivity contribution in [3.8, 4) is 0 Å². The second kappa shape index (κ2) is 8.90. The first-order valence-corrected chi connectivity index (χ1v) is 10.1. The molecule has 2 aliphatic heterocycles. The number of hydrogen-bond acceptors (Lipinski definition) is 3. The van der Waals surface area contributed by atoms with E-state index in [1.54, 1.807) is 11.0 Å². The van der Waals surface area contributed by atoms with Gasteiger partial charge in [0.25, 0.3) is 5.91 Å². The topological polar surface area (TPSA) is 78.5 Å². The predicted molar refractivity (Wildman–Crippen MR) is 104 cm³/mol. The van der Waals surface area contributed by atoms with Crippen LogP contribution in [0, 0.1) is 5.82 Å². The van der Waals surface area contributed by atoms with E-state index >= 15 is 0 Å². The van der Waals surface area contributed by atoms with Gasteiger partial charge in [0.2, 0.25) is 5.91 Å². The van der Waals surface area contributed by atoms with Gasteiger partial charge in [-0.1, -0.05) is 43.9 Å². The Morgan fingerprint density at radius 1 is 1.29 bits per heavy atom. The van der Waals surface area contributed by atoms with E-state index in [0.717, 1.165) is 5.56 Å². The van der Waals surface area contributed by atoms with Crippen molar-refractivity contribution in [2.75, 3.05) is 13.1 Å². The fourth-order valence-corrected chi connectivity index (χ4v) is 3.61. The van der Waals surface area contributed by atoms with Crippen molar-refractivity contribution < 1.29 is 18.8 Å². The van der Waals surface area contributed by atoms with Crippen LogP contribution >= 0.6 is 11.6 Å². The van der Waals surface area contributed by atoms with E-state index in [0.29, 0.717) is 25.1 Å². The van der Waals surface area contributed by atoms with E-state index in [4.69, 9.17) is 11.6 Å². The lowest BCUT2D eigenvalue weighted by Gasteiger charge is -2.23. The summed E-state index contributed by atoms with van der Waals surface area (Å²) in [5, 5.41) is 4.71. The summed E-state index contributed by atoms with van der Waals surface area (Å²) >= 11 is 5.88. The molecule has 2 N–H and O–H groups in total. The zero-order valence-corrected chi connectivity index (χ0v) is 16.7. The Balaban J connectivity index is 0.000000684. The van der Waals surface area contributed by atoms with Crippen LogP contribution in [0.2, 0.25) is 5.02 Å². The van der Waals surface area contributed by atoms with Crippen molar-refractivity contribution in [2.24, 2.45) is 0 Å². The van der Waals surface area contributed by atoms with Gasteiger partial charge < -0.3 is 10.2 Å². The van der Waals surface area contributed by atoms with Gasteiger partial charge in [-0.2, -0.15) is 0 Å². The van der Waals surface area contributed by atoms with Crippen molar-refractivity contribution in [1.82, 2.24) is 15.5 Å². The first-order valence-electron chi connectivity index (χ1n) is 9.72. The second-order valence-corrected chi connectivity index (χ2v) is 7.95. The molecule has 4 amide bonds. The Bertz CT molecular complexity index is 781. The highest BCUT2D eigenvalue weighted by Gasteiger charge is 2.31. The van der Waals surface area contributed by atoms with Crippen LogP contribution in [0.15, 0.2) is 12.1 Å². The van der Waals surface area contributed by atoms with E-state index in [1.165, 1.54) is 19.3 Å². The SMILES string of the molecule is C1CC1.CC1CN(C(=O)CCC2NC(=O)NC2=O)CCc2ccc(Cl)c(F)c21. The lowest BCUT2D eigenvalue weighted by Crippen LogP contribution is -2.36. The van der Waals surface area contributed by atoms with Crippen LogP contribution < -0.4 is 10.6 Å². The molecule has 1 aromatic rings. The third-order valence-electron chi connectivity index (χ3n) is 5.07. The number of benzene rings is 1. The number of nitrogens with zero attached hydrogens (tertiary/aromatic N) is 1. The summed E-state index contributed by atoms with van der Waals surface area (Å²) in [6, 6.07) is 2.15. The first kappa shape index (κ1) is 20.6. The van der Waals surface area contributed by atoms with Gasteiger partial charge in [0, 0.05) is 25.4 Å². The largest absolute Gasteiger partial charge is 0.342 e. The number of amides is 4. The summed E-state index contributed by atoms with van der Waals surface area (Å²) in [5.74, 6) is -1.10. The average molecular weight is 410 g/mol. The zero-order valence-electron chi connectivity index (χ0n) is 15.9. The molecule has 1 saturated heterocycles. The molecule has 6 nitrogen and oxygen atoms in total. The van der Waals surface area contributed by atoms with E-state index in [2.05, 4.69) is 10.6 Å². The highest BCUT2D eigenvalue weighted by atomic mass is 35.5. The van der Waals surface area contributed by atoms with Gasteiger partial charge in [0.15, 0.2) is 0 Å². The fourth-order valence-electron chi connectivity index (χ4n) is 3.44. The van der Waals surface area contributed by atoms with Gasteiger partial charge in [-0.15, -0.1) is 0 Å². The number of hydrogen-bond donors (Lipinski definition) is 2. The smallest absolute Gasteiger partial charge is 0.322 e. The summed E-state index contributed by atoms with van der Waals surface area (Å²) in [5.41, 5.74) is 1.44. The van der Waals surface area contributed by atoms with E-state index in [-0.39, 0.29) is 29.7 Å². The average Bonchev–Trinajstić information content (AvgIpc) is 3.50. The fraction of sp³-hybridized carbons (Fsp3) is 0.550. The normalized spacial score (nSPS) is 23.0. The van der Waals surface area contributed by atoms with Crippen LogP contribution in [0.1, 0.15) is 56.1 Å². The monoisotopic (exact) mass is 409 g/mol. The number of halogens is 2. The van der Waals surface area contributed by atoms with Crippen molar-refractivity contribution in [3.05, 3.63) is 34.1 Å². The second-order valence-electron chi connectivity index (χ2n) is 7.54. The molecular formula is C20H25ClFN3O3. The molecule has 152 valence electrons. The quantitative estimate of drug-likeness (QED) is 0.753. The summed E-state index contributed by atoms with van der Waals surface area (Å²) in [6.45, 7) is 2.75. The van der Waals surface area contributed by atoms with Gasteiger partial charge in [-0.05, 0) is 30.0 Å². The number of carbonyl (C=O) groups is 3. The van der Waals surface area contributed by atoms with E-state index < -0.39 is 23.8 Å². The zero-order chi connectivity index (χ0) is 20.3. The highest BCUT2D eigenvalue weighted by Crippen LogP contribution is 2.31. The van der Waals surface area contributed by atoms with Crippen molar-refractivity contribution in [1.29, 1.82) is 0 Å². The van der Waals surface area contributed by atoms with Crippen molar-refractivity contribution in [2.45, 2.75) is 57.4 Å². The summed E-state index contributed by atoms with van der Waals surface area (Å²) < 4.78 is 14.4. The number of rotatable bonds is 3. The number of carbonyl (C=O) groups excluding carboxylic acids is 3. The van der Waals surface area contributed by atoms with Gasteiger partial charge in [-0.3, -0.25) is 14.9 Å². The third kappa shape index (κ3) is 5.01. The lowest BCUT2D eigenvalue weighted by atomic mass is 9.95. The molecule has 1 saturated carbocycles. The Labute approximate surface area is 168 Å². The van der Waals surface area contributed by atoms with Crippen LogP contribution in [0.25, 0.3) is 0 Å². The van der Waals surface area contributed by atoms with Gasteiger partial charge in [0.1, 0.15) is 11.9 Å². The molecule has 1 aromatic carbocycles. The maximum atomic E-state index is 14.4. The molecule has 3 aliphatic rings. The molecule has 0 radical (unpaired) electrons. The molecule has 2 unspecified atom stereocenters. The molecule has 8 heteroatoms. The van der Waals surface area contributed by atoms with Gasteiger partial charge in [-0.25, -0.2) is 9.18 Å². The Hall–Kier alpha value is -2.15. The molecule has 2 atom stereocenters. The van der Waals surface area contributed by atoms with Gasteiger partial charge in [0.05, 0.1) is 5.02 Å². The third-order valence-corrected chi connectivity index (χ3v) is 5.36. The number of urea groups is 1. The molecule has 28 heavy (non-hydrogen) atoms. The Morgan fingerprint density at radius 3 is 2.61 bits per heavy atom. The highest BCUT2D eigenvalue weighted by molar-refractivity contribution is 6.30. The standard InChI is InChI=1S/C17H19ClFN3O3.C3H6/c1-9-8-22(7-6-10-2-3-11(18)15(19)14(9)10)13(23)5-4-12-16(24)21-17(25)20-12;1-2-3-1/h2-3,9,12H,4-8H2,1H3,(H2,20,21,24,25);1-3H2. The molecule has 0 spiro atoms. The minimum Gasteiger partial charge on any atom is -0.342 e. The van der Waals surface area contributed by atoms with E-state index in [1.807, 2.05) is 13.0 Å².